The molecule has 1 aliphatic rings. The van der Waals surface area contributed by atoms with Crippen molar-refractivity contribution < 1.29 is 4.74 Å². The molecule has 1 unspecified atom stereocenters. The van der Waals surface area contributed by atoms with E-state index < -0.39 is 0 Å². The Hall–Kier alpha value is -1.12. The van der Waals surface area contributed by atoms with Crippen LogP contribution in [0.3, 0.4) is 0 Å². The summed E-state index contributed by atoms with van der Waals surface area (Å²) in [6.07, 6.45) is 1.87. The highest BCUT2D eigenvalue weighted by Crippen LogP contribution is 2.23. The second-order valence-corrected chi connectivity index (χ2v) is 3.46. The van der Waals surface area contributed by atoms with Gasteiger partial charge in [-0.05, 0) is 11.1 Å². The Balaban J connectivity index is 2.17. The summed E-state index contributed by atoms with van der Waals surface area (Å²) in [7, 11) is 0. The molecule has 0 aromatic heterocycles. The second-order valence-electron chi connectivity index (χ2n) is 3.46. The van der Waals surface area contributed by atoms with E-state index in [0.29, 0.717) is 6.04 Å². The fourth-order valence-corrected chi connectivity index (χ4v) is 1.78. The van der Waals surface area contributed by atoms with Crippen molar-refractivity contribution in [3.05, 3.63) is 48.0 Å². The third kappa shape index (κ3) is 1.86. The van der Waals surface area contributed by atoms with Crippen molar-refractivity contribution in [2.24, 2.45) is 0 Å². The van der Waals surface area contributed by atoms with Crippen LogP contribution < -0.4 is 5.32 Å². The first-order valence-corrected chi connectivity index (χ1v) is 4.91. The monoisotopic (exact) mass is 189 g/mol. The maximum Gasteiger partial charge on any atom is 0.0721 e. The van der Waals surface area contributed by atoms with Crippen LogP contribution in [0.1, 0.15) is 17.2 Å². The summed E-state index contributed by atoms with van der Waals surface area (Å²) in [5.41, 5.74) is 2.65. The standard InChI is InChI=1S/C12H15NO/c1-2-7-13-12-9-14-8-10-5-3-4-6-11(10)12/h2-6,12-13H,1,7-9H2. The zero-order chi connectivity index (χ0) is 9.80. The number of nitrogens with one attached hydrogen (secondary N) is 1. The Morgan fingerprint density at radius 2 is 2.36 bits per heavy atom. The molecule has 0 amide bonds. The molecule has 1 heterocycles. The third-order valence-electron chi connectivity index (χ3n) is 2.48. The van der Waals surface area contributed by atoms with E-state index in [-0.39, 0.29) is 0 Å². The lowest BCUT2D eigenvalue weighted by Crippen LogP contribution is -2.29. The Morgan fingerprint density at radius 1 is 1.50 bits per heavy atom. The number of rotatable bonds is 3. The SMILES string of the molecule is C=CCNC1COCc2ccccc21. The van der Waals surface area contributed by atoms with Gasteiger partial charge in [-0.25, -0.2) is 0 Å². The van der Waals surface area contributed by atoms with Crippen molar-refractivity contribution in [3.63, 3.8) is 0 Å². The molecule has 1 aromatic carbocycles. The zero-order valence-electron chi connectivity index (χ0n) is 8.20. The van der Waals surface area contributed by atoms with E-state index in [1.807, 2.05) is 6.08 Å². The van der Waals surface area contributed by atoms with Crippen LogP contribution in [0.5, 0.6) is 0 Å². The van der Waals surface area contributed by atoms with E-state index in [1.54, 1.807) is 0 Å². The van der Waals surface area contributed by atoms with Gasteiger partial charge in [0.25, 0.3) is 0 Å². The largest absolute Gasteiger partial charge is 0.375 e. The van der Waals surface area contributed by atoms with Crippen molar-refractivity contribution in [1.29, 1.82) is 0 Å². The Morgan fingerprint density at radius 3 is 3.21 bits per heavy atom. The van der Waals surface area contributed by atoms with Crippen molar-refractivity contribution in [1.82, 2.24) is 5.32 Å². The smallest absolute Gasteiger partial charge is 0.0721 e. The molecule has 2 rings (SSSR count). The normalized spacial score (nSPS) is 20.1. The Bertz CT molecular complexity index is 322. The number of fused-ring (bicyclic) bond motifs is 1. The highest BCUT2D eigenvalue weighted by molar-refractivity contribution is 5.31. The van der Waals surface area contributed by atoms with Gasteiger partial charge in [0.2, 0.25) is 0 Å². The van der Waals surface area contributed by atoms with Crippen LogP contribution in [0.4, 0.5) is 0 Å². The molecule has 0 fully saturated rings. The first-order chi connectivity index (χ1) is 6.92. The molecule has 0 aliphatic carbocycles. The number of benzene rings is 1. The minimum atomic E-state index is 0.318. The number of hydrogen-bond acceptors (Lipinski definition) is 2. The molecular weight excluding hydrogens is 174 g/mol. The van der Waals surface area contributed by atoms with Gasteiger partial charge in [-0.3, -0.25) is 0 Å². The summed E-state index contributed by atoms with van der Waals surface area (Å²) < 4.78 is 5.51. The van der Waals surface area contributed by atoms with Gasteiger partial charge in [-0.1, -0.05) is 30.3 Å². The van der Waals surface area contributed by atoms with E-state index in [4.69, 9.17) is 4.74 Å². The molecule has 1 atom stereocenters. The van der Waals surface area contributed by atoms with Crippen LogP contribution in [0, 0.1) is 0 Å². The molecule has 74 valence electrons. The molecule has 0 bridgehead atoms. The maximum atomic E-state index is 5.51. The quantitative estimate of drug-likeness (QED) is 0.735. The molecule has 0 spiro atoms. The maximum absolute atomic E-state index is 5.51. The fourth-order valence-electron chi connectivity index (χ4n) is 1.78. The second kappa shape index (κ2) is 4.40. The molecule has 14 heavy (non-hydrogen) atoms. The van der Waals surface area contributed by atoms with Gasteiger partial charge in [0.1, 0.15) is 0 Å². The summed E-state index contributed by atoms with van der Waals surface area (Å²) in [5.74, 6) is 0. The van der Waals surface area contributed by atoms with Crippen LogP contribution in [0.15, 0.2) is 36.9 Å². The number of hydrogen-bond donors (Lipinski definition) is 1. The molecular formula is C12H15NO. The van der Waals surface area contributed by atoms with E-state index >= 15 is 0 Å². The molecule has 0 saturated heterocycles. The molecule has 0 saturated carbocycles. The van der Waals surface area contributed by atoms with Gasteiger partial charge >= 0.3 is 0 Å². The van der Waals surface area contributed by atoms with Gasteiger partial charge < -0.3 is 10.1 Å². The van der Waals surface area contributed by atoms with Gasteiger partial charge in [0, 0.05) is 6.54 Å². The summed E-state index contributed by atoms with van der Waals surface area (Å²) in [6, 6.07) is 8.73. The summed E-state index contributed by atoms with van der Waals surface area (Å²) in [5, 5.41) is 3.38. The zero-order valence-corrected chi connectivity index (χ0v) is 8.20. The predicted molar refractivity (Wildman–Crippen MR) is 57.0 cm³/mol. The summed E-state index contributed by atoms with van der Waals surface area (Å²) in [6.45, 7) is 6.01. The van der Waals surface area contributed by atoms with E-state index in [1.165, 1.54) is 11.1 Å². The molecule has 2 heteroatoms. The predicted octanol–water partition coefficient (Wildman–Crippen LogP) is 2.03. The lowest BCUT2D eigenvalue weighted by Gasteiger charge is -2.26. The van der Waals surface area contributed by atoms with Crippen molar-refractivity contribution in [2.45, 2.75) is 12.6 Å². The van der Waals surface area contributed by atoms with Crippen LogP contribution in [0.25, 0.3) is 0 Å². The lowest BCUT2D eigenvalue weighted by molar-refractivity contribution is 0.0832. The van der Waals surface area contributed by atoms with Gasteiger partial charge in [0.05, 0.1) is 19.3 Å². The third-order valence-corrected chi connectivity index (χ3v) is 2.48. The van der Waals surface area contributed by atoms with E-state index in [2.05, 4.69) is 36.2 Å². The highest BCUT2D eigenvalue weighted by Gasteiger charge is 2.18. The molecule has 1 aromatic rings. The minimum Gasteiger partial charge on any atom is -0.375 e. The lowest BCUT2D eigenvalue weighted by atomic mass is 9.99. The average Bonchev–Trinajstić information content (AvgIpc) is 2.26. The molecule has 2 nitrogen and oxygen atoms in total. The van der Waals surface area contributed by atoms with Crippen LogP contribution in [-0.4, -0.2) is 13.2 Å². The Kier molecular flexibility index (Phi) is 2.96. The van der Waals surface area contributed by atoms with Crippen molar-refractivity contribution in [3.8, 4) is 0 Å². The van der Waals surface area contributed by atoms with Gasteiger partial charge in [-0.15, -0.1) is 6.58 Å². The van der Waals surface area contributed by atoms with Crippen LogP contribution in [-0.2, 0) is 11.3 Å². The Labute approximate surface area is 84.6 Å². The highest BCUT2D eigenvalue weighted by atomic mass is 16.5. The van der Waals surface area contributed by atoms with Crippen molar-refractivity contribution >= 4 is 0 Å². The first kappa shape index (κ1) is 9.44. The van der Waals surface area contributed by atoms with E-state index in [9.17, 15) is 0 Å². The van der Waals surface area contributed by atoms with E-state index in [0.717, 1.165) is 19.8 Å². The number of ether oxygens (including phenoxy) is 1. The average molecular weight is 189 g/mol. The molecule has 1 N–H and O–H groups in total. The summed E-state index contributed by atoms with van der Waals surface area (Å²) >= 11 is 0. The van der Waals surface area contributed by atoms with Crippen LogP contribution >= 0.6 is 0 Å². The topological polar surface area (TPSA) is 21.3 Å². The molecule has 1 aliphatic heterocycles. The van der Waals surface area contributed by atoms with Gasteiger partial charge in [-0.2, -0.15) is 0 Å². The van der Waals surface area contributed by atoms with Gasteiger partial charge in [0.15, 0.2) is 0 Å². The first-order valence-electron chi connectivity index (χ1n) is 4.91. The molecule has 0 radical (unpaired) electrons. The van der Waals surface area contributed by atoms with Crippen molar-refractivity contribution in [2.75, 3.05) is 13.2 Å². The summed E-state index contributed by atoms with van der Waals surface area (Å²) in [4.78, 5) is 0. The van der Waals surface area contributed by atoms with Crippen LogP contribution in [0.2, 0.25) is 0 Å². The fraction of sp³-hybridized carbons (Fsp3) is 0.333. The minimum absolute atomic E-state index is 0.318.